The van der Waals surface area contributed by atoms with E-state index in [0.717, 1.165) is 24.1 Å². The maximum Gasteiger partial charge on any atom is 0.276 e. The molecule has 1 aliphatic rings. The summed E-state index contributed by atoms with van der Waals surface area (Å²) >= 11 is 0. The first-order chi connectivity index (χ1) is 13.8. The summed E-state index contributed by atoms with van der Waals surface area (Å²) in [6, 6.07) is 20.2. The second-order valence-electron chi connectivity index (χ2n) is 7.17. The summed E-state index contributed by atoms with van der Waals surface area (Å²) < 4.78 is 7.00. The summed E-state index contributed by atoms with van der Waals surface area (Å²) in [7, 11) is 1.70. The molecule has 1 saturated heterocycles. The van der Waals surface area contributed by atoms with Crippen LogP contribution in [-0.4, -0.2) is 52.6 Å². The van der Waals surface area contributed by atoms with Crippen molar-refractivity contribution in [2.24, 2.45) is 5.92 Å². The zero-order valence-electron chi connectivity index (χ0n) is 15.9. The molecule has 6 heteroatoms. The minimum atomic E-state index is -0.128. The lowest BCUT2D eigenvalue weighted by Crippen LogP contribution is -2.29. The van der Waals surface area contributed by atoms with Crippen molar-refractivity contribution in [2.75, 3.05) is 26.8 Å². The fourth-order valence-corrected chi connectivity index (χ4v) is 3.82. The third-order valence-corrected chi connectivity index (χ3v) is 5.20. The van der Waals surface area contributed by atoms with Crippen molar-refractivity contribution < 1.29 is 9.53 Å². The van der Waals surface area contributed by atoms with Gasteiger partial charge in [-0.05, 0) is 17.5 Å². The summed E-state index contributed by atoms with van der Waals surface area (Å²) in [6.45, 7) is 2.13. The zero-order valence-corrected chi connectivity index (χ0v) is 15.9. The summed E-state index contributed by atoms with van der Waals surface area (Å²) in [5.41, 5.74) is 2.58. The van der Waals surface area contributed by atoms with Crippen molar-refractivity contribution in [3.63, 3.8) is 0 Å². The molecule has 0 radical (unpaired) electrons. The van der Waals surface area contributed by atoms with E-state index < -0.39 is 0 Å². The molecule has 0 bridgehead atoms. The molecule has 144 valence electrons. The van der Waals surface area contributed by atoms with Gasteiger partial charge in [-0.3, -0.25) is 4.79 Å². The quantitative estimate of drug-likeness (QED) is 0.664. The topological polar surface area (TPSA) is 60.2 Å². The van der Waals surface area contributed by atoms with Gasteiger partial charge in [0.1, 0.15) is 6.04 Å². The van der Waals surface area contributed by atoms with E-state index in [2.05, 4.69) is 34.6 Å². The van der Waals surface area contributed by atoms with E-state index in [-0.39, 0.29) is 11.9 Å². The molecule has 1 atom stereocenters. The summed E-state index contributed by atoms with van der Waals surface area (Å²) in [6.07, 6.45) is 2.72. The van der Waals surface area contributed by atoms with Crippen molar-refractivity contribution in [3.8, 4) is 0 Å². The molecule has 1 aliphatic heterocycles. The fraction of sp³-hybridized carbons (Fsp3) is 0.318. The van der Waals surface area contributed by atoms with E-state index in [0.29, 0.717) is 24.8 Å². The second-order valence-corrected chi connectivity index (χ2v) is 7.17. The molecule has 3 aromatic rings. The van der Waals surface area contributed by atoms with E-state index in [1.165, 1.54) is 0 Å². The van der Waals surface area contributed by atoms with Crippen molar-refractivity contribution in [2.45, 2.75) is 12.5 Å². The number of hydrogen-bond acceptors (Lipinski definition) is 4. The number of carbonyl (C=O) groups is 1. The van der Waals surface area contributed by atoms with E-state index in [9.17, 15) is 4.79 Å². The molecular formula is C22H24N4O2. The Bertz CT molecular complexity index is 871. The Morgan fingerprint density at radius 1 is 1.11 bits per heavy atom. The minimum absolute atomic E-state index is 0.0651. The lowest BCUT2D eigenvalue weighted by molar-refractivity contribution is 0.0769. The second kappa shape index (κ2) is 8.35. The molecular weight excluding hydrogens is 352 g/mol. The summed E-state index contributed by atoms with van der Waals surface area (Å²) in [5, 5.41) is 8.51. The Kier molecular flexibility index (Phi) is 5.48. The number of likely N-dealkylation sites (tertiary alicyclic amines) is 1. The van der Waals surface area contributed by atoms with Gasteiger partial charge in [-0.2, -0.15) is 0 Å². The molecule has 4 rings (SSSR count). The van der Waals surface area contributed by atoms with Crippen LogP contribution in [0, 0.1) is 5.92 Å². The minimum Gasteiger partial charge on any atom is -0.384 e. The lowest BCUT2D eigenvalue weighted by Gasteiger charge is -2.18. The number of amides is 1. The average Bonchev–Trinajstić information content (AvgIpc) is 3.40. The van der Waals surface area contributed by atoms with Crippen molar-refractivity contribution in [1.82, 2.24) is 19.9 Å². The Hall–Kier alpha value is -2.99. The third-order valence-electron chi connectivity index (χ3n) is 5.20. The third kappa shape index (κ3) is 3.82. The number of methoxy groups -OCH3 is 1. The summed E-state index contributed by atoms with van der Waals surface area (Å²) in [5.74, 6) is 0.329. The van der Waals surface area contributed by atoms with Gasteiger partial charge in [-0.25, -0.2) is 4.68 Å². The first-order valence-electron chi connectivity index (χ1n) is 9.56. The highest BCUT2D eigenvalue weighted by molar-refractivity contribution is 5.92. The molecule has 0 unspecified atom stereocenters. The van der Waals surface area contributed by atoms with Gasteiger partial charge in [0, 0.05) is 26.1 Å². The molecule has 6 nitrogen and oxygen atoms in total. The molecule has 2 aromatic carbocycles. The molecule has 0 spiro atoms. The predicted octanol–water partition coefficient (Wildman–Crippen LogP) is 3.02. The zero-order chi connectivity index (χ0) is 19.3. The number of aromatic nitrogens is 3. The van der Waals surface area contributed by atoms with Gasteiger partial charge in [0.2, 0.25) is 0 Å². The van der Waals surface area contributed by atoms with Crippen molar-refractivity contribution in [1.29, 1.82) is 0 Å². The highest BCUT2D eigenvalue weighted by Crippen LogP contribution is 2.26. The van der Waals surface area contributed by atoms with Gasteiger partial charge in [-0.1, -0.05) is 65.9 Å². The Balaban J connectivity index is 1.60. The van der Waals surface area contributed by atoms with E-state index in [4.69, 9.17) is 4.74 Å². The molecule has 28 heavy (non-hydrogen) atoms. The van der Waals surface area contributed by atoms with Crippen molar-refractivity contribution in [3.05, 3.63) is 83.7 Å². The Labute approximate surface area is 164 Å². The van der Waals surface area contributed by atoms with E-state index in [1.54, 1.807) is 18.0 Å². The van der Waals surface area contributed by atoms with Crippen molar-refractivity contribution >= 4 is 5.91 Å². The highest BCUT2D eigenvalue weighted by atomic mass is 16.5. The highest BCUT2D eigenvalue weighted by Gasteiger charge is 2.29. The Morgan fingerprint density at radius 3 is 2.36 bits per heavy atom. The molecule has 2 heterocycles. The predicted molar refractivity (Wildman–Crippen MR) is 106 cm³/mol. The smallest absolute Gasteiger partial charge is 0.276 e. The monoisotopic (exact) mass is 376 g/mol. The maximum absolute atomic E-state index is 12.9. The number of carbonyl (C=O) groups excluding carboxylic acids is 1. The van der Waals surface area contributed by atoms with Gasteiger partial charge < -0.3 is 9.64 Å². The van der Waals surface area contributed by atoms with Crippen LogP contribution < -0.4 is 0 Å². The van der Waals surface area contributed by atoms with Gasteiger partial charge in [-0.15, -0.1) is 5.10 Å². The van der Waals surface area contributed by atoms with Gasteiger partial charge in [0.25, 0.3) is 5.91 Å². The normalized spacial score (nSPS) is 16.6. The van der Waals surface area contributed by atoms with Gasteiger partial charge in [0.15, 0.2) is 5.69 Å². The van der Waals surface area contributed by atoms with Crippen LogP contribution in [0.4, 0.5) is 0 Å². The molecule has 1 amide bonds. The van der Waals surface area contributed by atoms with Crippen LogP contribution in [-0.2, 0) is 4.74 Å². The number of rotatable bonds is 6. The summed E-state index contributed by atoms with van der Waals surface area (Å²) in [4.78, 5) is 14.7. The standard InChI is InChI=1S/C22H24N4O2/c1-28-16-17-12-13-25(14-17)22(27)20-15-26(24-23-20)21(18-8-4-2-5-9-18)19-10-6-3-7-11-19/h2-11,15,17,21H,12-14,16H2,1H3/t17-/m1/s1. The van der Waals surface area contributed by atoms with Crippen LogP contribution in [0.25, 0.3) is 0 Å². The van der Waals surface area contributed by atoms with Crippen LogP contribution in [0.3, 0.4) is 0 Å². The molecule has 1 aromatic heterocycles. The molecule has 0 N–H and O–H groups in total. The first kappa shape index (κ1) is 18.4. The van der Waals surface area contributed by atoms with Gasteiger partial charge >= 0.3 is 0 Å². The lowest BCUT2D eigenvalue weighted by atomic mass is 9.99. The first-order valence-corrected chi connectivity index (χ1v) is 9.56. The molecule has 0 saturated carbocycles. The van der Waals surface area contributed by atoms with Crippen LogP contribution >= 0.6 is 0 Å². The van der Waals surface area contributed by atoms with E-state index >= 15 is 0 Å². The Morgan fingerprint density at radius 2 is 1.75 bits per heavy atom. The molecule has 0 aliphatic carbocycles. The number of ether oxygens (including phenoxy) is 1. The fourth-order valence-electron chi connectivity index (χ4n) is 3.82. The van der Waals surface area contributed by atoms with Crippen LogP contribution in [0.5, 0.6) is 0 Å². The maximum atomic E-state index is 12.9. The van der Waals surface area contributed by atoms with Gasteiger partial charge in [0.05, 0.1) is 12.8 Å². The SMILES string of the molecule is COC[C@@H]1CCN(C(=O)c2cn(C(c3ccccc3)c3ccccc3)nn2)C1. The largest absolute Gasteiger partial charge is 0.384 e. The van der Waals surface area contributed by atoms with Crippen LogP contribution in [0.2, 0.25) is 0 Å². The van der Waals surface area contributed by atoms with Crippen LogP contribution in [0.15, 0.2) is 66.9 Å². The van der Waals surface area contributed by atoms with E-state index in [1.807, 2.05) is 41.3 Å². The number of benzene rings is 2. The number of hydrogen-bond donors (Lipinski definition) is 0. The average molecular weight is 376 g/mol. The van der Waals surface area contributed by atoms with Crippen LogP contribution in [0.1, 0.15) is 34.1 Å². The molecule has 1 fully saturated rings. The number of nitrogens with zero attached hydrogens (tertiary/aromatic N) is 4.